The highest BCUT2D eigenvalue weighted by Gasteiger charge is 2.33. The number of carbonyl (C=O) groups excluding carboxylic acids is 1. The van der Waals surface area contributed by atoms with E-state index in [1.165, 1.54) is 23.9 Å². The number of rotatable bonds is 8. The highest BCUT2D eigenvalue weighted by Crippen LogP contribution is 2.35. The number of furan rings is 1. The van der Waals surface area contributed by atoms with E-state index in [2.05, 4.69) is 11.6 Å². The standard InChI is InChI=1S/C26H22N2O5S/c1-3-15-28-24(29)23(34-26(28)27-19-9-11-20(12-10-19)32-4-2)16-21-13-14-22(33-21)17-5-7-18(8-6-17)25(30)31/h3,5-14,16H,1,4,15H2,2H3,(H,30,31). The van der Waals surface area contributed by atoms with Gasteiger partial charge in [-0.05, 0) is 67.2 Å². The van der Waals surface area contributed by atoms with E-state index in [0.29, 0.717) is 40.4 Å². The van der Waals surface area contributed by atoms with Crippen LogP contribution >= 0.6 is 11.8 Å². The Labute approximate surface area is 201 Å². The molecule has 172 valence electrons. The van der Waals surface area contributed by atoms with Gasteiger partial charge < -0.3 is 14.3 Å². The lowest BCUT2D eigenvalue weighted by Crippen LogP contribution is -2.29. The van der Waals surface area contributed by atoms with Gasteiger partial charge in [0.1, 0.15) is 17.3 Å². The van der Waals surface area contributed by atoms with Crippen molar-refractivity contribution < 1.29 is 23.8 Å². The number of aliphatic imine (C=N–C) groups is 1. The van der Waals surface area contributed by atoms with Crippen molar-refractivity contribution in [3.05, 3.63) is 89.5 Å². The summed E-state index contributed by atoms with van der Waals surface area (Å²) in [7, 11) is 0. The van der Waals surface area contributed by atoms with Crippen LogP contribution in [0.2, 0.25) is 0 Å². The summed E-state index contributed by atoms with van der Waals surface area (Å²) >= 11 is 1.26. The molecule has 1 aliphatic rings. The number of amides is 1. The number of aromatic carboxylic acids is 1. The molecule has 1 aromatic heterocycles. The molecule has 1 amide bonds. The first kappa shape index (κ1) is 23.1. The minimum Gasteiger partial charge on any atom is -0.494 e. The number of hydrogen-bond acceptors (Lipinski definition) is 6. The van der Waals surface area contributed by atoms with Gasteiger partial charge in [0.05, 0.1) is 22.8 Å². The summed E-state index contributed by atoms with van der Waals surface area (Å²) in [6, 6.07) is 17.3. The first-order valence-corrected chi connectivity index (χ1v) is 11.4. The lowest BCUT2D eigenvalue weighted by Gasteiger charge is -2.12. The van der Waals surface area contributed by atoms with Gasteiger partial charge in [0.2, 0.25) is 0 Å². The third-order valence-corrected chi connectivity index (χ3v) is 5.90. The molecule has 1 saturated heterocycles. The van der Waals surface area contributed by atoms with Gasteiger partial charge in [-0.25, -0.2) is 9.79 Å². The summed E-state index contributed by atoms with van der Waals surface area (Å²) < 4.78 is 11.3. The molecule has 34 heavy (non-hydrogen) atoms. The molecule has 0 radical (unpaired) electrons. The molecule has 7 nitrogen and oxygen atoms in total. The number of carbonyl (C=O) groups is 2. The minimum absolute atomic E-state index is 0.182. The van der Waals surface area contributed by atoms with Gasteiger partial charge in [-0.3, -0.25) is 9.69 Å². The van der Waals surface area contributed by atoms with E-state index in [4.69, 9.17) is 14.3 Å². The third kappa shape index (κ3) is 5.13. The topological polar surface area (TPSA) is 92.3 Å². The van der Waals surface area contributed by atoms with Crippen LogP contribution in [0.5, 0.6) is 5.75 Å². The van der Waals surface area contributed by atoms with E-state index in [1.807, 2.05) is 31.2 Å². The van der Waals surface area contributed by atoms with Crippen molar-refractivity contribution in [3.63, 3.8) is 0 Å². The van der Waals surface area contributed by atoms with Crippen molar-refractivity contribution in [2.75, 3.05) is 13.2 Å². The summed E-state index contributed by atoms with van der Waals surface area (Å²) in [6.07, 6.45) is 3.33. The van der Waals surface area contributed by atoms with Crippen LogP contribution in [0.15, 0.2) is 87.6 Å². The summed E-state index contributed by atoms with van der Waals surface area (Å²) in [5.74, 6) is 0.675. The molecule has 3 aromatic rings. The number of benzene rings is 2. The summed E-state index contributed by atoms with van der Waals surface area (Å²) in [4.78, 5) is 30.7. The second-order valence-electron chi connectivity index (χ2n) is 7.22. The van der Waals surface area contributed by atoms with Crippen LogP contribution in [0.1, 0.15) is 23.0 Å². The van der Waals surface area contributed by atoms with Crippen molar-refractivity contribution in [3.8, 4) is 17.1 Å². The van der Waals surface area contributed by atoms with Gasteiger partial charge in [0.25, 0.3) is 5.91 Å². The number of ether oxygens (including phenoxy) is 1. The second kappa shape index (κ2) is 10.3. The lowest BCUT2D eigenvalue weighted by atomic mass is 10.1. The molecule has 2 heterocycles. The van der Waals surface area contributed by atoms with Crippen molar-refractivity contribution in [1.82, 2.24) is 4.90 Å². The van der Waals surface area contributed by atoms with Crippen LogP contribution < -0.4 is 4.74 Å². The first-order valence-electron chi connectivity index (χ1n) is 10.6. The number of nitrogens with zero attached hydrogens (tertiary/aromatic N) is 2. The maximum absolute atomic E-state index is 13.0. The van der Waals surface area contributed by atoms with E-state index >= 15 is 0 Å². The Bertz CT molecular complexity index is 1270. The Morgan fingerprint density at radius 3 is 2.53 bits per heavy atom. The molecule has 0 spiro atoms. The van der Waals surface area contributed by atoms with Crippen molar-refractivity contribution in [1.29, 1.82) is 0 Å². The average Bonchev–Trinajstić information content (AvgIpc) is 3.41. The van der Waals surface area contributed by atoms with Gasteiger partial charge in [0.15, 0.2) is 5.17 Å². The number of thioether (sulfide) groups is 1. The number of hydrogen-bond donors (Lipinski definition) is 1. The van der Waals surface area contributed by atoms with E-state index < -0.39 is 5.97 Å². The molecule has 0 unspecified atom stereocenters. The zero-order chi connectivity index (χ0) is 24.1. The molecule has 4 rings (SSSR count). The summed E-state index contributed by atoms with van der Waals surface area (Å²) in [5, 5.41) is 9.60. The minimum atomic E-state index is -0.986. The van der Waals surface area contributed by atoms with Crippen molar-refractivity contribution in [2.24, 2.45) is 4.99 Å². The zero-order valence-electron chi connectivity index (χ0n) is 18.4. The summed E-state index contributed by atoms with van der Waals surface area (Å²) in [5.41, 5.74) is 1.65. The Balaban J connectivity index is 1.57. The number of amidine groups is 1. The number of carboxylic acid groups (broad SMARTS) is 1. The normalized spacial score (nSPS) is 15.8. The molecule has 0 bridgehead atoms. The first-order chi connectivity index (χ1) is 16.5. The van der Waals surface area contributed by atoms with E-state index in [-0.39, 0.29) is 11.5 Å². The van der Waals surface area contributed by atoms with Crippen LogP contribution in [0.3, 0.4) is 0 Å². The maximum atomic E-state index is 13.0. The Kier molecular flexibility index (Phi) is 6.98. The van der Waals surface area contributed by atoms with Crippen molar-refractivity contribution in [2.45, 2.75) is 6.92 Å². The van der Waals surface area contributed by atoms with Gasteiger partial charge in [0, 0.05) is 18.2 Å². The predicted molar refractivity (Wildman–Crippen MR) is 133 cm³/mol. The fourth-order valence-electron chi connectivity index (χ4n) is 3.27. The third-order valence-electron chi connectivity index (χ3n) is 4.89. The van der Waals surface area contributed by atoms with Gasteiger partial charge in [-0.2, -0.15) is 0 Å². The Morgan fingerprint density at radius 2 is 1.88 bits per heavy atom. The molecule has 1 N–H and O–H groups in total. The van der Waals surface area contributed by atoms with E-state index in [1.54, 1.807) is 41.3 Å². The molecule has 8 heteroatoms. The van der Waals surface area contributed by atoms with Crippen LogP contribution in [-0.2, 0) is 4.79 Å². The maximum Gasteiger partial charge on any atom is 0.335 e. The molecule has 0 saturated carbocycles. The van der Waals surface area contributed by atoms with E-state index in [0.717, 1.165) is 11.3 Å². The highest BCUT2D eigenvalue weighted by atomic mass is 32.2. The molecular weight excluding hydrogens is 452 g/mol. The van der Waals surface area contributed by atoms with Crippen LogP contribution in [0.4, 0.5) is 5.69 Å². The van der Waals surface area contributed by atoms with Gasteiger partial charge in [-0.15, -0.1) is 6.58 Å². The quantitative estimate of drug-likeness (QED) is 0.326. The van der Waals surface area contributed by atoms with Gasteiger partial charge >= 0.3 is 5.97 Å². The van der Waals surface area contributed by atoms with Crippen LogP contribution in [-0.4, -0.2) is 40.2 Å². The Hall–Kier alpha value is -4.04. The SMILES string of the molecule is C=CCN1C(=O)C(=Cc2ccc(-c3ccc(C(=O)O)cc3)o2)SC1=Nc1ccc(OCC)cc1. The van der Waals surface area contributed by atoms with Crippen molar-refractivity contribution >= 4 is 40.6 Å². The lowest BCUT2D eigenvalue weighted by molar-refractivity contribution is -0.121. The molecule has 1 aliphatic heterocycles. The highest BCUT2D eigenvalue weighted by molar-refractivity contribution is 8.18. The monoisotopic (exact) mass is 474 g/mol. The van der Waals surface area contributed by atoms with Gasteiger partial charge in [-0.1, -0.05) is 18.2 Å². The molecular formula is C26H22N2O5S. The fraction of sp³-hybridized carbons (Fsp3) is 0.115. The number of carboxylic acids is 1. The molecule has 0 atom stereocenters. The second-order valence-corrected chi connectivity index (χ2v) is 8.23. The molecule has 1 fully saturated rings. The predicted octanol–water partition coefficient (Wildman–Crippen LogP) is 5.83. The average molecular weight is 475 g/mol. The zero-order valence-corrected chi connectivity index (χ0v) is 19.2. The molecule has 2 aromatic carbocycles. The largest absolute Gasteiger partial charge is 0.494 e. The Morgan fingerprint density at radius 1 is 1.15 bits per heavy atom. The smallest absolute Gasteiger partial charge is 0.335 e. The molecule has 0 aliphatic carbocycles. The summed E-state index contributed by atoms with van der Waals surface area (Å²) in [6.45, 7) is 6.59. The fourth-order valence-corrected chi connectivity index (χ4v) is 4.26. The van der Waals surface area contributed by atoms with Crippen LogP contribution in [0.25, 0.3) is 17.4 Å². The van der Waals surface area contributed by atoms with Crippen LogP contribution in [0, 0.1) is 0 Å². The van der Waals surface area contributed by atoms with E-state index in [9.17, 15) is 9.59 Å².